The molecule has 1 atom stereocenters. The monoisotopic (exact) mass is 248 g/mol. The van der Waals surface area contributed by atoms with Crippen LogP contribution in [0.25, 0.3) is 0 Å². The Balaban J connectivity index is 2.01. The lowest BCUT2D eigenvalue weighted by Gasteiger charge is -2.23. The summed E-state index contributed by atoms with van der Waals surface area (Å²) in [5, 5.41) is 8.83. The quantitative estimate of drug-likeness (QED) is 0.849. The van der Waals surface area contributed by atoms with Gasteiger partial charge in [0.05, 0.1) is 6.04 Å². The average Bonchev–Trinajstić information content (AvgIpc) is 2.79. The number of para-hydroxylation sites is 1. The molecule has 1 fully saturated rings. The van der Waals surface area contributed by atoms with E-state index in [4.69, 9.17) is 5.11 Å². The summed E-state index contributed by atoms with van der Waals surface area (Å²) >= 11 is 0. The number of rotatable bonds is 5. The molecule has 0 bridgehead atoms. The Morgan fingerprint density at radius 2 is 2.11 bits per heavy atom. The standard InChI is InChI=1S/C14H20N2O2/c1-15(9-5-11-17)13-8-10-16(14(13)18)12-6-3-2-4-7-12/h2-4,6-7,13,17H,5,8-11H2,1H3. The first-order valence-corrected chi connectivity index (χ1v) is 6.41. The second-order valence-electron chi connectivity index (χ2n) is 4.69. The van der Waals surface area contributed by atoms with Gasteiger partial charge in [-0.25, -0.2) is 0 Å². The summed E-state index contributed by atoms with van der Waals surface area (Å²) in [4.78, 5) is 16.2. The summed E-state index contributed by atoms with van der Waals surface area (Å²) in [6.07, 6.45) is 1.57. The highest BCUT2D eigenvalue weighted by Gasteiger charge is 2.34. The molecule has 1 amide bonds. The number of hydrogen-bond acceptors (Lipinski definition) is 3. The van der Waals surface area contributed by atoms with E-state index < -0.39 is 0 Å². The molecule has 18 heavy (non-hydrogen) atoms. The van der Waals surface area contributed by atoms with Crippen LogP contribution in [-0.2, 0) is 4.79 Å². The van der Waals surface area contributed by atoms with Crippen molar-refractivity contribution in [3.05, 3.63) is 30.3 Å². The fraction of sp³-hybridized carbons (Fsp3) is 0.500. The van der Waals surface area contributed by atoms with Crippen LogP contribution in [0.3, 0.4) is 0 Å². The van der Waals surface area contributed by atoms with Crippen LogP contribution in [-0.4, -0.2) is 48.7 Å². The maximum absolute atomic E-state index is 12.3. The summed E-state index contributed by atoms with van der Waals surface area (Å²) in [5.41, 5.74) is 0.973. The van der Waals surface area contributed by atoms with Gasteiger partial charge in [-0.3, -0.25) is 9.69 Å². The van der Waals surface area contributed by atoms with Gasteiger partial charge in [0.25, 0.3) is 0 Å². The van der Waals surface area contributed by atoms with Gasteiger partial charge in [-0.15, -0.1) is 0 Å². The first kappa shape index (κ1) is 13.1. The minimum atomic E-state index is -0.0447. The Morgan fingerprint density at radius 3 is 2.78 bits per heavy atom. The maximum Gasteiger partial charge on any atom is 0.244 e. The van der Waals surface area contributed by atoms with Crippen molar-refractivity contribution < 1.29 is 9.90 Å². The van der Waals surface area contributed by atoms with E-state index in [1.807, 2.05) is 47.2 Å². The van der Waals surface area contributed by atoms with E-state index in [1.165, 1.54) is 0 Å². The van der Waals surface area contributed by atoms with Crippen LogP contribution >= 0.6 is 0 Å². The predicted molar refractivity (Wildman–Crippen MR) is 71.5 cm³/mol. The van der Waals surface area contributed by atoms with Gasteiger partial charge >= 0.3 is 0 Å². The van der Waals surface area contributed by atoms with Gasteiger partial charge in [0.1, 0.15) is 0 Å². The zero-order valence-corrected chi connectivity index (χ0v) is 10.7. The van der Waals surface area contributed by atoms with Gasteiger partial charge in [0.15, 0.2) is 0 Å². The molecule has 1 heterocycles. The predicted octanol–water partition coefficient (Wildman–Crippen LogP) is 1.11. The molecule has 1 aromatic carbocycles. The van der Waals surface area contributed by atoms with Crippen LogP contribution in [0.4, 0.5) is 5.69 Å². The molecule has 4 nitrogen and oxygen atoms in total. The van der Waals surface area contributed by atoms with Crippen molar-refractivity contribution >= 4 is 11.6 Å². The van der Waals surface area contributed by atoms with Gasteiger partial charge in [-0.05, 0) is 32.0 Å². The summed E-state index contributed by atoms with van der Waals surface area (Å²) in [6, 6.07) is 9.74. The second-order valence-corrected chi connectivity index (χ2v) is 4.69. The summed E-state index contributed by atoms with van der Waals surface area (Å²) in [6.45, 7) is 1.71. The number of amides is 1. The highest BCUT2D eigenvalue weighted by Crippen LogP contribution is 2.23. The maximum atomic E-state index is 12.3. The van der Waals surface area contributed by atoms with Gasteiger partial charge in [0.2, 0.25) is 5.91 Å². The molecular weight excluding hydrogens is 228 g/mol. The van der Waals surface area contributed by atoms with Gasteiger partial charge in [0, 0.05) is 25.4 Å². The van der Waals surface area contributed by atoms with E-state index in [0.717, 1.165) is 25.2 Å². The van der Waals surface area contributed by atoms with Crippen molar-refractivity contribution in [2.24, 2.45) is 0 Å². The molecule has 2 rings (SSSR count). The molecule has 0 radical (unpaired) electrons. The lowest BCUT2D eigenvalue weighted by atomic mass is 10.2. The van der Waals surface area contributed by atoms with E-state index in [-0.39, 0.29) is 18.6 Å². The number of anilines is 1. The van der Waals surface area contributed by atoms with Crippen molar-refractivity contribution in [2.75, 3.05) is 31.6 Å². The van der Waals surface area contributed by atoms with Crippen molar-refractivity contribution in [3.63, 3.8) is 0 Å². The fourth-order valence-corrected chi connectivity index (χ4v) is 2.41. The third kappa shape index (κ3) is 2.71. The first-order valence-electron chi connectivity index (χ1n) is 6.41. The lowest BCUT2D eigenvalue weighted by molar-refractivity contribution is -0.121. The first-order chi connectivity index (χ1) is 8.74. The fourth-order valence-electron chi connectivity index (χ4n) is 2.41. The van der Waals surface area contributed by atoms with Crippen LogP contribution in [0.5, 0.6) is 0 Å². The molecule has 0 aromatic heterocycles. The Hall–Kier alpha value is -1.39. The lowest BCUT2D eigenvalue weighted by Crippen LogP contribution is -2.40. The minimum Gasteiger partial charge on any atom is -0.396 e. The molecule has 1 N–H and O–H groups in total. The van der Waals surface area contributed by atoms with E-state index in [2.05, 4.69) is 0 Å². The van der Waals surface area contributed by atoms with Crippen LogP contribution in [0.2, 0.25) is 0 Å². The Morgan fingerprint density at radius 1 is 1.39 bits per heavy atom. The third-order valence-corrected chi connectivity index (χ3v) is 3.45. The molecule has 1 aliphatic heterocycles. The number of benzene rings is 1. The molecule has 4 heteroatoms. The molecular formula is C14H20N2O2. The van der Waals surface area contributed by atoms with E-state index in [1.54, 1.807) is 0 Å². The highest BCUT2D eigenvalue weighted by atomic mass is 16.3. The number of carbonyl (C=O) groups excluding carboxylic acids is 1. The number of aliphatic hydroxyl groups is 1. The topological polar surface area (TPSA) is 43.8 Å². The summed E-state index contributed by atoms with van der Waals surface area (Å²) < 4.78 is 0. The molecule has 1 unspecified atom stereocenters. The summed E-state index contributed by atoms with van der Waals surface area (Å²) in [7, 11) is 1.95. The molecule has 0 spiro atoms. The molecule has 0 saturated carbocycles. The van der Waals surface area contributed by atoms with Crippen molar-refractivity contribution in [1.82, 2.24) is 4.90 Å². The third-order valence-electron chi connectivity index (χ3n) is 3.45. The number of likely N-dealkylation sites (N-methyl/N-ethyl adjacent to an activating group) is 1. The summed E-state index contributed by atoms with van der Waals surface area (Å²) in [5.74, 6) is 0.168. The minimum absolute atomic E-state index is 0.0447. The van der Waals surface area contributed by atoms with Crippen LogP contribution in [0, 0.1) is 0 Å². The van der Waals surface area contributed by atoms with Crippen LogP contribution in [0.15, 0.2) is 30.3 Å². The number of nitrogens with zero attached hydrogens (tertiary/aromatic N) is 2. The largest absolute Gasteiger partial charge is 0.396 e. The van der Waals surface area contributed by atoms with Gasteiger partial charge in [-0.2, -0.15) is 0 Å². The van der Waals surface area contributed by atoms with Crippen molar-refractivity contribution in [1.29, 1.82) is 0 Å². The van der Waals surface area contributed by atoms with Crippen LogP contribution < -0.4 is 4.90 Å². The molecule has 1 saturated heterocycles. The van der Waals surface area contributed by atoms with Gasteiger partial charge in [-0.1, -0.05) is 18.2 Å². The SMILES string of the molecule is CN(CCCO)C1CCN(c2ccccc2)C1=O. The Kier molecular flexibility index (Phi) is 4.33. The Bertz CT molecular complexity index is 394. The van der Waals surface area contributed by atoms with E-state index in [9.17, 15) is 4.79 Å². The smallest absolute Gasteiger partial charge is 0.244 e. The number of carbonyl (C=O) groups is 1. The zero-order chi connectivity index (χ0) is 13.0. The second kappa shape index (κ2) is 5.98. The number of aliphatic hydroxyl groups excluding tert-OH is 1. The highest BCUT2D eigenvalue weighted by molar-refractivity contribution is 5.99. The van der Waals surface area contributed by atoms with E-state index >= 15 is 0 Å². The van der Waals surface area contributed by atoms with Crippen molar-refractivity contribution in [3.8, 4) is 0 Å². The normalized spacial score (nSPS) is 19.8. The van der Waals surface area contributed by atoms with Crippen LogP contribution in [0.1, 0.15) is 12.8 Å². The van der Waals surface area contributed by atoms with E-state index in [0.29, 0.717) is 6.42 Å². The zero-order valence-electron chi connectivity index (χ0n) is 10.7. The average molecular weight is 248 g/mol. The Labute approximate surface area is 108 Å². The molecule has 1 aliphatic rings. The number of hydrogen-bond donors (Lipinski definition) is 1. The van der Waals surface area contributed by atoms with Gasteiger partial charge < -0.3 is 10.0 Å². The molecule has 1 aromatic rings. The van der Waals surface area contributed by atoms with Crippen molar-refractivity contribution in [2.45, 2.75) is 18.9 Å². The molecule has 0 aliphatic carbocycles. The molecule has 98 valence electrons.